The minimum atomic E-state index is -0.465. The molecule has 37 heavy (non-hydrogen) atoms. The summed E-state index contributed by atoms with van der Waals surface area (Å²) >= 11 is 0. The van der Waals surface area contributed by atoms with Crippen LogP contribution in [-0.2, 0) is 17.6 Å². The lowest BCUT2D eigenvalue weighted by Crippen LogP contribution is -2.32. The van der Waals surface area contributed by atoms with E-state index in [-0.39, 0.29) is 24.2 Å². The summed E-state index contributed by atoms with van der Waals surface area (Å²) in [6.45, 7) is 6.18. The molecule has 0 fully saturated rings. The molecule has 1 amide bonds. The zero-order valence-corrected chi connectivity index (χ0v) is 21.6. The van der Waals surface area contributed by atoms with Gasteiger partial charge in [-0.15, -0.1) is 0 Å². The molecule has 0 bridgehead atoms. The van der Waals surface area contributed by atoms with Crippen LogP contribution in [0.2, 0.25) is 0 Å². The van der Waals surface area contributed by atoms with Crippen molar-refractivity contribution >= 4 is 11.9 Å². The van der Waals surface area contributed by atoms with Crippen LogP contribution in [0.5, 0.6) is 0 Å². The number of carbonyl (C=O) groups is 2. The highest BCUT2D eigenvalue weighted by atomic mass is 16.5. The van der Waals surface area contributed by atoms with Gasteiger partial charge in [-0.1, -0.05) is 61.5 Å². The van der Waals surface area contributed by atoms with Gasteiger partial charge in [0.15, 0.2) is 5.69 Å². The summed E-state index contributed by atoms with van der Waals surface area (Å²) in [5.41, 5.74) is 5.77. The summed E-state index contributed by atoms with van der Waals surface area (Å²) in [7, 11) is 0. The van der Waals surface area contributed by atoms with Crippen molar-refractivity contribution in [2.45, 2.75) is 46.1 Å². The van der Waals surface area contributed by atoms with E-state index >= 15 is 0 Å². The number of nitrogens with zero attached hydrogens (tertiary/aromatic N) is 2. The molecule has 6 nitrogen and oxygen atoms in total. The Morgan fingerprint density at radius 3 is 2.27 bits per heavy atom. The predicted molar refractivity (Wildman–Crippen MR) is 146 cm³/mol. The lowest BCUT2D eigenvalue weighted by molar-refractivity contribution is 0.0518. The first kappa shape index (κ1) is 25.9. The average Bonchev–Trinajstić information content (AvgIpc) is 3.38. The summed E-state index contributed by atoms with van der Waals surface area (Å²) in [6, 6.07) is 27.5. The number of carbonyl (C=O) groups excluding carboxylic acids is 2. The molecule has 4 aromatic rings. The molecule has 3 aromatic carbocycles. The summed E-state index contributed by atoms with van der Waals surface area (Å²) in [5, 5.41) is 7.62. The Bertz CT molecular complexity index is 1330. The molecule has 0 radical (unpaired) electrons. The van der Waals surface area contributed by atoms with E-state index in [1.54, 1.807) is 29.8 Å². The molecular weight excluding hydrogens is 462 g/mol. The normalized spacial score (nSPS) is 11.6. The second-order valence-corrected chi connectivity index (χ2v) is 9.04. The maximum atomic E-state index is 12.8. The number of hydrogen-bond donors (Lipinski definition) is 1. The molecule has 4 rings (SSSR count). The fourth-order valence-corrected chi connectivity index (χ4v) is 4.16. The smallest absolute Gasteiger partial charge is 0.358 e. The molecule has 1 aromatic heterocycles. The second-order valence-electron chi connectivity index (χ2n) is 9.04. The molecule has 6 heteroatoms. The molecule has 0 saturated carbocycles. The third kappa shape index (κ3) is 6.53. The van der Waals surface area contributed by atoms with Gasteiger partial charge in [-0.05, 0) is 74.6 Å². The highest BCUT2D eigenvalue weighted by molar-refractivity contribution is 5.94. The van der Waals surface area contributed by atoms with Crippen molar-refractivity contribution in [2.24, 2.45) is 0 Å². The van der Waals surface area contributed by atoms with E-state index in [4.69, 9.17) is 4.74 Å². The third-order valence-corrected chi connectivity index (χ3v) is 6.31. The Hall–Kier alpha value is -4.19. The molecule has 0 aliphatic rings. The zero-order chi connectivity index (χ0) is 26.2. The molecule has 0 saturated heterocycles. The van der Waals surface area contributed by atoms with E-state index in [0.717, 1.165) is 36.2 Å². The number of nitrogens with one attached hydrogen (secondary N) is 1. The zero-order valence-electron chi connectivity index (χ0n) is 21.6. The molecule has 1 unspecified atom stereocenters. The molecule has 0 spiro atoms. The number of ether oxygens (including phenoxy) is 1. The van der Waals surface area contributed by atoms with Gasteiger partial charge in [-0.3, -0.25) is 4.79 Å². The van der Waals surface area contributed by atoms with Gasteiger partial charge >= 0.3 is 5.97 Å². The molecule has 1 heterocycles. The number of hydrogen-bond acceptors (Lipinski definition) is 4. The molecule has 1 N–H and O–H groups in total. The fourth-order valence-electron chi connectivity index (χ4n) is 4.16. The van der Waals surface area contributed by atoms with Crippen LogP contribution >= 0.6 is 0 Å². The first-order valence-electron chi connectivity index (χ1n) is 12.8. The van der Waals surface area contributed by atoms with Crippen molar-refractivity contribution in [3.8, 4) is 16.9 Å². The third-order valence-electron chi connectivity index (χ3n) is 6.31. The first-order valence-corrected chi connectivity index (χ1v) is 12.8. The van der Waals surface area contributed by atoms with E-state index in [1.165, 1.54) is 11.1 Å². The highest BCUT2D eigenvalue weighted by Gasteiger charge is 2.18. The first-order chi connectivity index (χ1) is 18.0. The number of rotatable bonds is 10. The molecule has 0 aliphatic heterocycles. The highest BCUT2D eigenvalue weighted by Crippen LogP contribution is 2.25. The van der Waals surface area contributed by atoms with Crippen molar-refractivity contribution in [1.82, 2.24) is 15.1 Å². The fraction of sp³-hybridized carbons (Fsp3) is 0.258. The van der Waals surface area contributed by atoms with Crippen LogP contribution in [-0.4, -0.2) is 34.3 Å². The molecule has 1 atom stereocenters. The molecular formula is C31H33N3O3. The van der Waals surface area contributed by atoms with E-state index in [2.05, 4.69) is 41.6 Å². The van der Waals surface area contributed by atoms with Crippen LogP contribution < -0.4 is 5.32 Å². The van der Waals surface area contributed by atoms with Crippen LogP contribution in [0.1, 0.15) is 59.2 Å². The minimum Gasteiger partial charge on any atom is -0.461 e. The Kier molecular flexibility index (Phi) is 8.52. The predicted octanol–water partition coefficient (Wildman–Crippen LogP) is 6.03. The SMILES string of the molecule is CCOC(=O)c1cc(-c2ccc(CC)cc2)n(-c2ccc(C(=O)NC(C)CCc3ccccc3)cc2)n1. The minimum absolute atomic E-state index is 0.0447. The van der Waals surface area contributed by atoms with Crippen molar-refractivity contribution in [1.29, 1.82) is 0 Å². The molecule has 0 aliphatic carbocycles. The Morgan fingerprint density at radius 1 is 0.919 bits per heavy atom. The Balaban J connectivity index is 1.52. The van der Waals surface area contributed by atoms with E-state index < -0.39 is 5.97 Å². The van der Waals surface area contributed by atoms with Crippen LogP contribution in [0.25, 0.3) is 16.9 Å². The number of aromatic nitrogens is 2. The summed E-state index contributed by atoms with van der Waals surface area (Å²) in [5.74, 6) is -0.580. The maximum absolute atomic E-state index is 12.8. The maximum Gasteiger partial charge on any atom is 0.358 e. The quantitative estimate of drug-likeness (QED) is 0.273. The number of amides is 1. The summed E-state index contributed by atoms with van der Waals surface area (Å²) in [4.78, 5) is 25.2. The van der Waals surface area contributed by atoms with Crippen molar-refractivity contribution in [3.05, 3.63) is 107 Å². The lowest BCUT2D eigenvalue weighted by Gasteiger charge is -2.14. The monoisotopic (exact) mass is 495 g/mol. The Labute approximate surface area is 218 Å². The van der Waals surface area contributed by atoms with Crippen molar-refractivity contribution < 1.29 is 14.3 Å². The van der Waals surface area contributed by atoms with Crippen LogP contribution in [0.3, 0.4) is 0 Å². The number of aryl methyl sites for hydroxylation is 2. The molecule has 190 valence electrons. The van der Waals surface area contributed by atoms with Gasteiger partial charge in [-0.2, -0.15) is 5.10 Å². The summed E-state index contributed by atoms with van der Waals surface area (Å²) < 4.78 is 6.89. The van der Waals surface area contributed by atoms with Crippen molar-refractivity contribution in [2.75, 3.05) is 6.61 Å². The number of benzene rings is 3. The van der Waals surface area contributed by atoms with Gasteiger partial charge in [-0.25, -0.2) is 9.48 Å². The average molecular weight is 496 g/mol. The topological polar surface area (TPSA) is 73.2 Å². The largest absolute Gasteiger partial charge is 0.461 e. The standard InChI is InChI=1S/C31H33N3O3/c1-4-23-13-15-25(16-14-23)29-21-28(31(36)37-5-2)33-34(29)27-19-17-26(18-20-27)30(35)32-22(3)11-12-24-9-7-6-8-10-24/h6-10,13-22H,4-5,11-12H2,1-3H3,(H,32,35). The number of esters is 1. The van der Waals surface area contributed by atoms with Crippen molar-refractivity contribution in [3.63, 3.8) is 0 Å². The van der Waals surface area contributed by atoms with E-state index in [1.807, 2.05) is 49.4 Å². The van der Waals surface area contributed by atoms with Gasteiger partial charge in [0.2, 0.25) is 0 Å². The Morgan fingerprint density at radius 2 is 1.62 bits per heavy atom. The summed E-state index contributed by atoms with van der Waals surface area (Å²) in [6.07, 6.45) is 2.71. The van der Waals surface area contributed by atoms with E-state index in [9.17, 15) is 9.59 Å². The van der Waals surface area contributed by atoms with Gasteiger partial charge in [0.05, 0.1) is 18.0 Å². The van der Waals surface area contributed by atoms with Gasteiger partial charge in [0, 0.05) is 17.2 Å². The van der Waals surface area contributed by atoms with E-state index in [0.29, 0.717) is 5.56 Å². The van der Waals surface area contributed by atoms with Crippen LogP contribution in [0, 0.1) is 0 Å². The van der Waals surface area contributed by atoms with Gasteiger partial charge in [0.25, 0.3) is 5.91 Å². The van der Waals surface area contributed by atoms with Gasteiger partial charge < -0.3 is 10.1 Å². The van der Waals surface area contributed by atoms with Crippen LogP contribution in [0.4, 0.5) is 0 Å². The lowest BCUT2D eigenvalue weighted by atomic mass is 10.1. The van der Waals surface area contributed by atoms with Gasteiger partial charge in [0.1, 0.15) is 0 Å². The second kappa shape index (κ2) is 12.2. The van der Waals surface area contributed by atoms with Crippen LogP contribution in [0.15, 0.2) is 84.9 Å².